The number of hydrogen-bond acceptors (Lipinski definition) is 5. The van der Waals surface area contributed by atoms with Gasteiger partial charge in [0.2, 0.25) is 0 Å². The average Bonchev–Trinajstić information content (AvgIpc) is 2.70. The molecule has 3 N–H and O–H groups in total. The van der Waals surface area contributed by atoms with Gasteiger partial charge in [-0.3, -0.25) is 4.72 Å². The summed E-state index contributed by atoms with van der Waals surface area (Å²) in [6, 6.07) is 4.57. The van der Waals surface area contributed by atoms with Gasteiger partial charge >= 0.3 is 0 Å². The van der Waals surface area contributed by atoms with E-state index >= 15 is 0 Å². The first-order chi connectivity index (χ1) is 8.38. The van der Waals surface area contributed by atoms with Crippen molar-refractivity contribution in [1.82, 2.24) is 4.98 Å². The van der Waals surface area contributed by atoms with E-state index in [0.29, 0.717) is 10.7 Å². The van der Waals surface area contributed by atoms with Crippen LogP contribution in [0, 0.1) is 6.92 Å². The van der Waals surface area contributed by atoms with Crippen molar-refractivity contribution < 1.29 is 8.42 Å². The topological polar surface area (TPSA) is 85.1 Å². The summed E-state index contributed by atoms with van der Waals surface area (Å²) in [6.45, 7) is 1.74. The highest BCUT2D eigenvalue weighted by molar-refractivity contribution is 7.94. The van der Waals surface area contributed by atoms with Gasteiger partial charge in [0.1, 0.15) is 0 Å². The third-order valence-electron chi connectivity index (χ3n) is 2.10. The zero-order chi connectivity index (χ0) is 13.3. The highest BCUT2D eigenvalue weighted by atomic mass is 35.5. The molecule has 1 heterocycles. The molecule has 2 aromatic rings. The number of nitrogen functional groups attached to an aromatic ring is 1. The van der Waals surface area contributed by atoms with E-state index in [1.54, 1.807) is 13.0 Å². The maximum atomic E-state index is 12.0. The van der Waals surface area contributed by atoms with Crippen LogP contribution in [0.25, 0.3) is 0 Å². The van der Waals surface area contributed by atoms with Crippen molar-refractivity contribution in [3.05, 3.63) is 34.4 Å². The van der Waals surface area contributed by atoms with Crippen molar-refractivity contribution in [2.75, 3.05) is 10.5 Å². The van der Waals surface area contributed by atoms with Crippen LogP contribution in [0.15, 0.2) is 28.6 Å². The molecule has 0 saturated carbocycles. The molecule has 5 nitrogen and oxygen atoms in total. The summed E-state index contributed by atoms with van der Waals surface area (Å²) in [5.74, 6) is 0. The Morgan fingerprint density at radius 1 is 1.44 bits per heavy atom. The Balaban J connectivity index is 2.33. The van der Waals surface area contributed by atoms with Gasteiger partial charge in [0.15, 0.2) is 4.21 Å². The molecule has 1 aromatic carbocycles. The van der Waals surface area contributed by atoms with Crippen molar-refractivity contribution in [1.29, 1.82) is 0 Å². The predicted molar refractivity (Wildman–Crippen MR) is 73.5 cm³/mol. The van der Waals surface area contributed by atoms with Crippen LogP contribution in [-0.4, -0.2) is 13.4 Å². The molecular weight excluding hydrogens is 294 g/mol. The highest BCUT2D eigenvalue weighted by Crippen LogP contribution is 2.27. The Morgan fingerprint density at radius 2 is 2.17 bits per heavy atom. The molecule has 0 fully saturated rings. The lowest BCUT2D eigenvalue weighted by molar-refractivity contribution is 0.603. The fourth-order valence-corrected chi connectivity index (χ4v) is 3.75. The second kappa shape index (κ2) is 4.75. The number of aryl methyl sites for hydroxylation is 1. The molecule has 0 radical (unpaired) electrons. The molecule has 8 heteroatoms. The van der Waals surface area contributed by atoms with Gasteiger partial charge in [-0.2, -0.15) is 0 Å². The van der Waals surface area contributed by atoms with Crippen molar-refractivity contribution in [3.63, 3.8) is 0 Å². The van der Waals surface area contributed by atoms with E-state index in [2.05, 4.69) is 9.71 Å². The summed E-state index contributed by atoms with van der Waals surface area (Å²) < 4.78 is 26.6. The van der Waals surface area contributed by atoms with E-state index in [4.69, 9.17) is 17.3 Å². The molecule has 0 unspecified atom stereocenters. The van der Waals surface area contributed by atoms with Gasteiger partial charge in [-0.15, -0.1) is 11.3 Å². The Morgan fingerprint density at radius 3 is 2.72 bits per heavy atom. The lowest BCUT2D eigenvalue weighted by Crippen LogP contribution is -2.11. The highest BCUT2D eigenvalue weighted by Gasteiger charge is 2.18. The van der Waals surface area contributed by atoms with Gasteiger partial charge in [-0.25, -0.2) is 13.4 Å². The van der Waals surface area contributed by atoms with E-state index in [1.165, 1.54) is 18.3 Å². The number of anilines is 2. The minimum Gasteiger partial charge on any atom is -0.399 e. The maximum absolute atomic E-state index is 12.0. The monoisotopic (exact) mass is 303 g/mol. The molecule has 0 aliphatic rings. The molecule has 1 aromatic heterocycles. The Hall–Kier alpha value is -1.31. The molecule has 0 amide bonds. The van der Waals surface area contributed by atoms with E-state index in [9.17, 15) is 8.42 Å². The second-order valence-electron chi connectivity index (χ2n) is 3.54. The van der Waals surface area contributed by atoms with Crippen molar-refractivity contribution in [2.45, 2.75) is 11.1 Å². The first-order valence-corrected chi connectivity index (χ1v) is 7.56. The summed E-state index contributed by atoms with van der Waals surface area (Å²) in [7, 11) is -3.65. The lowest BCUT2D eigenvalue weighted by Gasteiger charge is -2.08. The van der Waals surface area contributed by atoms with Crippen LogP contribution in [0.2, 0.25) is 5.02 Å². The molecule has 0 bridgehead atoms. The van der Waals surface area contributed by atoms with Gasteiger partial charge < -0.3 is 5.73 Å². The normalized spacial score (nSPS) is 11.4. The van der Waals surface area contributed by atoms with Gasteiger partial charge in [0, 0.05) is 5.69 Å². The first-order valence-electron chi connectivity index (χ1n) is 4.89. The molecule has 0 atom stereocenters. The number of hydrogen-bond donors (Lipinski definition) is 2. The zero-order valence-electron chi connectivity index (χ0n) is 9.34. The Bertz CT molecular complexity index is 682. The number of nitrogens with two attached hydrogens (primary N) is 1. The van der Waals surface area contributed by atoms with Crippen LogP contribution in [0.5, 0.6) is 0 Å². The third kappa shape index (κ3) is 2.74. The van der Waals surface area contributed by atoms with Crippen molar-refractivity contribution >= 4 is 44.3 Å². The van der Waals surface area contributed by atoms with E-state index in [-0.39, 0.29) is 14.9 Å². The second-order valence-corrected chi connectivity index (χ2v) is 7.09. The number of aromatic nitrogens is 1. The molecular formula is C10H10ClN3O2S2. The maximum Gasteiger partial charge on any atom is 0.273 e. The van der Waals surface area contributed by atoms with Gasteiger partial charge in [0.05, 0.1) is 21.9 Å². The molecule has 0 aliphatic heterocycles. The van der Waals surface area contributed by atoms with Crippen LogP contribution in [-0.2, 0) is 10.0 Å². The fourth-order valence-electron chi connectivity index (χ4n) is 1.28. The SMILES string of the molecule is Cc1ncc(S(=O)(=O)Nc2ccc(N)cc2Cl)s1. The summed E-state index contributed by atoms with van der Waals surface area (Å²) in [4.78, 5) is 3.91. The van der Waals surface area contributed by atoms with Crippen LogP contribution in [0.3, 0.4) is 0 Å². The molecule has 0 spiro atoms. The number of nitrogens with zero attached hydrogens (tertiary/aromatic N) is 1. The molecule has 2 rings (SSSR count). The standard InChI is InChI=1S/C10H10ClN3O2S2/c1-6-13-5-10(17-6)18(15,16)14-9-3-2-7(12)4-8(9)11/h2-5,14H,12H2,1H3. The van der Waals surface area contributed by atoms with Gasteiger partial charge in [-0.05, 0) is 25.1 Å². The molecule has 0 saturated heterocycles. The number of rotatable bonds is 3. The number of sulfonamides is 1. The van der Waals surface area contributed by atoms with Crippen LogP contribution in [0.1, 0.15) is 5.01 Å². The van der Waals surface area contributed by atoms with Crippen molar-refractivity contribution in [3.8, 4) is 0 Å². The quantitative estimate of drug-likeness (QED) is 0.853. The van der Waals surface area contributed by atoms with Crippen LogP contribution in [0.4, 0.5) is 11.4 Å². The number of halogens is 1. The first kappa shape index (κ1) is 13.1. The van der Waals surface area contributed by atoms with E-state index in [0.717, 1.165) is 11.3 Å². The molecule has 0 aliphatic carbocycles. The van der Waals surface area contributed by atoms with Crippen LogP contribution < -0.4 is 10.5 Å². The van der Waals surface area contributed by atoms with E-state index < -0.39 is 10.0 Å². The Kier molecular flexibility index (Phi) is 3.47. The summed E-state index contributed by atoms with van der Waals surface area (Å²) in [5.41, 5.74) is 6.29. The van der Waals surface area contributed by atoms with E-state index in [1.807, 2.05) is 0 Å². The average molecular weight is 304 g/mol. The zero-order valence-corrected chi connectivity index (χ0v) is 11.7. The molecule has 18 heavy (non-hydrogen) atoms. The molecule has 96 valence electrons. The number of thiazole rings is 1. The third-order valence-corrected chi connectivity index (χ3v) is 5.15. The summed E-state index contributed by atoms with van der Waals surface area (Å²) >= 11 is 7.00. The summed E-state index contributed by atoms with van der Waals surface area (Å²) in [6.07, 6.45) is 1.31. The van der Waals surface area contributed by atoms with Crippen LogP contribution >= 0.6 is 22.9 Å². The minimum absolute atomic E-state index is 0.146. The van der Waals surface area contributed by atoms with Gasteiger partial charge in [-0.1, -0.05) is 11.6 Å². The predicted octanol–water partition coefficient (Wildman–Crippen LogP) is 2.49. The Labute approximate surface area is 114 Å². The van der Waals surface area contributed by atoms with Crippen molar-refractivity contribution in [2.24, 2.45) is 0 Å². The lowest BCUT2D eigenvalue weighted by atomic mass is 10.3. The largest absolute Gasteiger partial charge is 0.399 e. The summed E-state index contributed by atoms with van der Waals surface area (Å²) in [5, 5.41) is 0.929. The number of nitrogens with one attached hydrogen (secondary N) is 1. The minimum atomic E-state index is -3.65. The fraction of sp³-hybridized carbons (Fsp3) is 0.100. The number of benzene rings is 1. The smallest absolute Gasteiger partial charge is 0.273 e. The van der Waals surface area contributed by atoms with Gasteiger partial charge in [0.25, 0.3) is 10.0 Å².